The van der Waals surface area contributed by atoms with Gasteiger partial charge < -0.3 is 0 Å². The van der Waals surface area contributed by atoms with Crippen molar-refractivity contribution in [2.24, 2.45) is 0 Å². The lowest BCUT2D eigenvalue weighted by Crippen LogP contribution is -2.25. The van der Waals surface area contributed by atoms with Gasteiger partial charge in [0.1, 0.15) is 16.4 Å². The summed E-state index contributed by atoms with van der Waals surface area (Å²) in [5.74, 6) is -0.981. The van der Waals surface area contributed by atoms with Gasteiger partial charge >= 0.3 is 0 Å². The summed E-state index contributed by atoms with van der Waals surface area (Å²) in [6, 6.07) is 5.11. The number of benzene rings is 1. The molecular formula is C19H19FN4O3S2. The highest BCUT2D eigenvalue weighted by molar-refractivity contribution is 7.89. The van der Waals surface area contributed by atoms with Gasteiger partial charge in [-0.1, -0.05) is 12.1 Å². The molecule has 7 nitrogen and oxygen atoms in total. The molecule has 2 heterocycles. The number of Topliss-reactive ketones (excluding diaryl/α,β-unsaturated/α-hetero) is 1. The molecule has 1 aromatic carbocycles. The van der Waals surface area contributed by atoms with Crippen LogP contribution in [0.4, 0.5) is 4.39 Å². The molecule has 0 amide bonds. The molecule has 0 saturated carbocycles. The van der Waals surface area contributed by atoms with Gasteiger partial charge in [0.2, 0.25) is 10.0 Å². The van der Waals surface area contributed by atoms with Crippen molar-refractivity contribution < 1.29 is 17.6 Å². The summed E-state index contributed by atoms with van der Waals surface area (Å²) < 4.78 is 40.6. The predicted octanol–water partition coefficient (Wildman–Crippen LogP) is 2.98. The highest BCUT2D eigenvalue weighted by atomic mass is 32.2. The first kappa shape index (κ1) is 21.2. The number of carbonyl (C=O) groups excluding carboxylic acids is 1. The number of thiazole rings is 1. The van der Waals surface area contributed by atoms with Gasteiger partial charge in [-0.3, -0.25) is 9.78 Å². The second-order valence-electron chi connectivity index (χ2n) is 6.31. The Morgan fingerprint density at radius 3 is 2.59 bits per heavy atom. The Labute approximate surface area is 172 Å². The minimum absolute atomic E-state index is 0.148. The van der Waals surface area contributed by atoms with Crippen LogP contribution in [0.25, 0.3) is 0 Å². The molecule has 10 heteroatoms. The Balaban J connectivity index is 1.65. The summed E-state index contributed by atoms with van der Waals surface area (Å²) in [4.78, 5) is 25.5. The molecule has 0 atom stereocenters. The van der Waals surface area contributed by atoms with Gasteiger partial charge in [-0.25, -0.2) is 27.5 Å². The van der Waals surface area contributed by atoms with Crippen molar-refractivity contribution in [3.8, 4) is 0 Å². The van der Waals surface area contributed by atoms with E-state index in [1.54, 1.807) is 24.5 Å². The van der Waals surface area contributed by atoms with Crippen LogP contribution in [-0.2, 0) is 23.0 Å². The summed E-state index contributed by atoms with van der Waals surface area (Å²) in [6.45, 7) is 3.39. The van der Waals surface area contributed by atoms with Crippen LogP contribution < -0.4 is 4.72 Å². The Bertz CT molecular complexity index is 1150. The van der Waals surface area contributed by atoms with Gasteiger partial charge in [-0.2, -0.15) is 0 Å². The minimum atomic E-state index is -4.03. The van der Waals surface area contributed by atoms with Crippen LogP contribution in [0.1, 0.15) is 38.2 Å². The summed E-state index contributed by atoms with van der Waals surface area (Å²) in [6.07, 6.45) is 3.96. The van der Waals surface area contributed by atoms with E-state index in [1.807, 2.05) is 6.92 Å². The van der Waals surface area contributed by atoms with Crippen molar-refractivity contribution in [2.45, 2.75) is 38.1 Å². The first-order valence-electron chi connectivity index (χ1n) is 8.77. The van der Waals surface area contributed by atoms with Crippen LogP contribution >= 0.6 is 11.3 Å². The number of sulfonamides is 1. The van der Waals surface area contributed by atoms with Crippen molar-refractivity contribution in [1.82, 2.24) is 19.7 Å². The third-order valence-corrected chi connectivity index (χ3v) is 6.56. The van der Waals surface area contributed by atoms with Crippen LogP contribution in [0.5, 0.6) is 0 Å². The highest BCUT2D eigenvalue weighted by Gasteiger charge is 2.19. The van der Waals surface area contributed by atoms with Crippen molar-refractivity contribution in [1.29, 1.82) is 0 Å². The molecule has 3 aromatic rings. The summed E-state index contributed by atoms with van der Waals surface area (Å²) >= 11 is 1.55. The summed E-state index contributed by atoms with van der Waals surface area (Å²) in [7, 11) is -4.03. The number of hydrogen-bond donors (Lipinski definition) is 1. The fourth-order valence-corrected chi connectivity index (χ4v) is 4.46. The number of carbonyl (C=O) groups is 1. The van der Waals surface area contributed by atoms with E-state index in [-0.39, 0.29) is 24.4 Å². The maximum Gasteiger partial charge on any atom is 0.243 e. The lowest BCUT2D eigenvalue weighted by molar-refractivity contribution is 0.0977. The molecule has 0 bridgehead atoms. The average Bonchev–Trinajstić information content (AvgIpc) is 3.10. The van der Waals surface area contributed by atoms with E-state index in [2.05, 4.69) is 19.7 Å². The second kappa shape index (κ2) is 8.85. The first-order valence-corrected chi connectivity index (χ1v) is 11.1. The summed E-state index contributed by atoms with van der Waals surface area (Å²) in [5.41, 5.74) is 1.02. The molecule has 0 fully saturated rings. The lowest BCUT2D eigenvalue weighted by Gasteiger charge is -2.09. The largest absolute Gasteiger partial charge is 0.292 e. The molecule has 1 N–H and O–H groups in total. The smallest absolute Gasteiger partial charge is 0.243 e. The van der Waals surface area contributed by atoms with Gasteiger partial charge in [0.15, 0.2) is 5.78 Å². The maximum atomic E-state index is 13.7. The van der Waals surface area contributed by atoms with E-state index in [9.17, 15) is 17.6 Å². The van der Waals surface area contributed by atoms with E-state index >= 15 is 0 Å². The van der Waals surface area contributed by atoms with E-state index in [4.69, 9.17) is 0 Å². The minimum Gasteiger partial charge on any atom is -0.292 e. The second-order valence-corrected chi connectivity index (χ2v) is 9.37. The average molecular weight is 435 g/mol. The number of hydrogen-bond acceptors (Lipinski definition) is 7. The molecule has 0 radical (unpaired) electrons. The molecule has 2 aromatic heterocycles. The van der Waals surface area contributed by atoms with Crippen molar-refractivity contribution in [2.75, 3.05) is 0 Å². The zero-order valence-electron chi connectivity index (χ0n) is 15.8. The number of aromatic nitrogens is 3. The van der Waals surface area contributed by atoms with Gasteiger partial charge in [0.25, 0.3) is 0 Å². The van der Waals surface area contributed by atoms with Gasteiger partial charge in [0, 0.05) is 17.5 Å². The number of aryl methyl sites for hydroxylation is 3. The van der Waals surface area contributed by atoms with Crippen LogP contribution in [0, 0.1) is 19.7 Å². The van der Waals surface area contributed by atoms with Crippen molar-refractivity contribution in [3.05, 3.63) is 69.4 Å². The van der Waals surface area contributed by atoms with E-state index < -0.39 is 20.7 Å². The Morgan fingerprint density at radius 2 is 1.93 bits per heavy atom. The molecule has 3 rings (SSSR count). The Hall–Kier alpha value is -2.56. The standard InChI is InChI=1S/C19H19FN4O3S2/c1-12-16(11-23-29(26,27)19-6-4-3-5-15(19)20)22-10-17(24-12)18(25)8-7-14-9-21-13(2)28-14/h3-6,9-10,23H,7-8,11H2,1-2H3. The Morgan fingerprint density at radius 1 is 1.17 bits per heavy atom. The zero-order valence-corrected chi connectivity index (χ0v) is 17.5. The highest BCUT2D eigenvalue weighted by Crippen LogP contribution is 2.16. The van der Waals surface area contributed by atoms with Gasteiger partial charge in [-0.05, 0) is 32.4 Å². The van der Waals surface area contributed by atoms with Gasteiger partial charge in [-0.15, -0.1) is 11.3 Å². The molecule has 0 aliphatic heterocycles. The van der Waals surface area contributed by atoms with Crippen molar-refractivity contribution in [3.63, 3.8) is 0 Å². The lowest BCUT2D eigenvalue weighted by atomic mass is 10.1. The third-order valence-electron chi connectivity index (χ3n) is 4.16. The monoisotopic (exact) mass is 434 g/mol. The quantitative estimate of drug-likeness (QED) is 0.547. The maximum absolute atomic E-state index is 13.7. The number of halogens is 1. The number of ketones is 1. The van der Waals surface area contributed by atoms with Crippen LogP contribution in [0.15, 0.2) is 41.6 Å². The predicted molar refractivity (Wildman–Crippen MR) is 107 cm³/mol. The molecule has 0 aliphatic rings. The van der Waals surface area contributed by atoms with Crippen molar-refractivity contribution >= 4 is 27.1 Å². The molecule has 29 heavy (non-hydrogen) atoms. The molecule has 0 unspecified atom stereocenters. The summed E-state index contributed by atoms with van der Waals surface area (Å²) in [5, 5.41) is 0.949. The normalized spacial score (nSPS) is 11.6. The van der Waals surface area contributed by atoms with Crippen LogP contribution in [0.2, 0.25) is 0 Å². The fraction of sp³-hybridized carbons (Fsp3) is 0.263. The first-order chi connectivity index (χ1) is 13.8. The SMILES string of the molecule is Cc1ncc(CCC(=O)c2cnc(CNS(=O)(=O)c3ccccc3F)c(C)n2)s1. The van der Waals surface area contributed by atoms with E-state index in [0.29, 0.717) is 17.8 Å². The molecule has 0 saturated heterocycles. The topological polar surface area (TPSA) is 102 Å². The fourth-order valence-electron chi connectivity index (χ4n) is 2.60. The zero-order chi connectivity index (χ0) is 21.0. The van der Waals surface area contributed by atoms with Crippen LogP contribution in [-0.4, -0.2) is 29.2 Å². The molecule has 0 spiro atoms. The molecule has 0 aliphatic carbocycles. The number of nitrogens with zero attached hydrogens (tertiary/aromatic N) is 3. The van der Waals surface area contributed by atoms with E-state index in [1.165, 1.54) is 24.4 Å². The van der Waals surface area contributed by atoms with Gasteiger partial charge in [0.05, 0.1) is 29.1 Å². The van der Waals surface area contributed by atoms with E-state index in [0.717, 1.165) is 16.0 Å². The number of rotatable bonds is 8. The molecular weight excluding hydrogens is 415 g/mol. The Kier molecular flexibility index (Phi) is 6.46. The van der Waals surface area contributed by atoms with Crippen LogP contribution in [0.3, 0.4) is 0 Å². The third kappa shape index (κ3) is 5.28. The number of nitrogens with one attached hydrogen (secondary N) is 1. The molecule has 152 valence electrons.